The first-order valence-corrected chi connectivity index (χ1v) is 6.46. The molecule has 0 saturated heterocycles. The topological polar surface area (TPSA) is 33.0 Å². The lowest BCUT2D eigenvalue weighted by atomic mass is 10.2. The molecule has 18 heavy (non-hydrogen) atoms. The smallest absolute Gasteiger partial charge is 0.131 e. The van der Waals surface area contributed by atoms with Crippen LogP contribution in [0.1, 0.15) is 5.56 Å². The molecule has 0 amide bonds. The Balaban J connectivity index is 2.22. The van der Waals surface area contributed by atoms with Crippen molar-refractivity contribution in [1.29, 1.82) is 5.26 Å². The quantitative estimate of drug-likeness (QED) is 0.774. The number of benzene rings is 2. The van der Waals surface area contributed by atoms with E-state index in [4.69, 9.17) is 10.00 Å². The second-order valence-corrected chi connectivity index (χ2v) is 4.44. The molecule has 0 aliphatic heterocycles. The van der Waals surface area contributed by atoms with Crippen LogP contribution >= 0.6 is 11.8 Å². The molecule has 0 saturated carbocycles. The zero-order valence-corrected chi connectivity index (χ0v) is 10.5. The third-order valence-corrected chi connectivity index (χ3v) is 3.04. The molecule has 4 heteroatoms. The summed E-state index contributed by atoms with van der Waals surface area (Å²) in [6, 6.07) is 13.3. The highest BCUT2D eigenvalue weighted by Crippen LogP contribution is 2.25. The minimum Gasteiger partial charge on any atom is -0.457 e. The molecular formula is C14H10FNOS. The van der Waals surface area contributed by atoms with Crippen molar-refractivity contribution >= 4 is 11.8 Å². The lowest BCUT2D eigenvalue weighted by Crippen LogP contribution is -1.87. The van der Waals surface area contributed by atoms with Gasteiger partial charge in [-0.2, -0.15) is 5.26 Å². The number of nitrogens with zero attached hydrogens (tertiary/aromatic N) is 1. The Hall–Kier alpha value is -1.99. The second-order valence-electron chi connectivity index (χ2n) is 3.57. The summed E-state index contributed by atoms with van der Waals surface area (Å²) < 4.78 is 18.7. The molecule has 2 nitrogen and oxygen atoms in total. The molecule has 0 aliphatic carbocycles. The molecule has 0 atom stereocenters. The van der Waals surface area contributed by atoms with Gasteiger partial charge in [-0.3, -0.25) is 0 Å². The van der Waals surface area contributed by atoms with Gasteiger partial charge in [0.05, 0.1) is 11.6 Å². The van der Waals surface area contributed by atoms with Crippen LogP contribution < -0.4 is 4.74 Å². The fraction of sp³-hybridized carbons (Fsp3) is 0.0714. The number of hydrogen-bond donors (Lipinski definition) is 0. The molecular weight excluding hydrogens is 249 g/mol. The Labute approximate surface area is 109 Å². The van der Waals surface area contributed by atoms with Crippen molar-refractivity contribution in [1.82, 2.24) is 0 Å². The van der Waals surface area contributed by atoms with Crippen LogP contribution in [-0.4, -0.2) is 6.26 Å². The average molecular weight is 259 g/mol. The largest absolute Gasteiger partial charge is 0.457 e. The molecule has 0 spiro atoms. The molecule has 2 aromatic carbocycles. The molecule has 0 radical (unpaired) electrons. The summed E-state index contributed by atoms with van der Waals surface area (Å²) in [5, 5.41) is 8.75. The average Bonchev–Trinajstić information content (AvgIpc) is 2.39. The van der Waals surface area contributed by atoms with Gasteiger partial charge in [0.2, 0.25) is 0 Å². The van der Waals surface area contributed by atoms with Crippen LogP contribution in [0.4, 0.5) is 4.39 Å². The summed E-state index contributed by atoms with van der Waals surface area (Å²) in [6.07, 6.45) is 1.99. The summed E-state index contributed by atoms with van der Waals surface area (Å²) in [6.45, 7) is 0. The third-order valence-electron chi connectivity index (χ3n) is 2.30. The predicted octanol–water partition coefficient (Wildman–Crippen LogP) is 4.21. The van der Waals surface area contributed by atoms with E-state index in [1.54, 1.807) is 11.8 Å². The van der Waals surface area contributed by atoms with Crippen molar-refractivity contribution in [3.05, 3.63) is 53.8 Å². The SMILES string of the molecule is CSc1ccc(Oc2cc(F)cc(C#N)c2)cc1. The fourth-order valence-corrected chi connectivity index (χ4v) is 1.87. The zero-order chi connectivity index (χ0) is 13.0. The van der Waals surface area contributed by atoms with Crippen LogP contribution in [0.25, 0.3) is 0 Å². The molecule has 2 rings (SSSR count). The van der Waals surface area contributed by atoms with Crippen molar-refractivity contribution in [2.75, 3.05) is 6.26 Å². The molecule has 0 heterocycles. The van der Waals surface area contributed by atoms with Gasteiger partial charge in [0.15, 0.2) is 0 Å². The molecule has 2 aromatic rings. The Morgan fingerprint density at radius 1 is 1.11 bits per heavy atom. The minimum atomic E-state index is -0.482. The number of rotatable bonds is 3. The van der Waals surface area contributed by atoms with E-state index < -0.39 is 5.82 Å². The van der Waals surface area contributed by atoms with Crippen molar-refractivity contribution < 1.29 is 9.13 Å². The minimum absolute atomic E-state index is 0.241. The van der Waals surface area contributed by atoms with Gasteiger partial charge in [-0.15, -0.1) is 11.8 Å². The first-order valence-electron chi connectivity index (χ1n) is 5.24. The van der Waals surface area contributed by atoms with Gasteiger partial charge in [-0.1, -0.05) is 0 Å². The van der Waals surface area contributed by atoms with Crippen LogP contribution in [0.3, 0.4) is 0 Å². The van der Waals surface area contributed by atoms with Crippen LogP contribution in [-0.2, 0) is 0 Å². The van der Waals surface area contributed by atoms with E-state index in [1.165, 1.54) is 18.2 Å². The summed E-state index contributed by atoms with van der Waals surface area (Å²) in [5.41, 5.74) is 0.241. The van der Waals surface area contributed by atoms with E-state index in [0.29, 0.717) is 11.5 Å². The standard InChI is InChI=1S/C14H10FNOS/c1-18-14-4-2-12(3-5-14)17-13-7-10(9-16)6-11(15)8-13/h2-8H,1H3. The van der Waals surface area contributed by atoms with Gasteiger partial charge >= 0.3 is 0 Å². The number of thioether (sulfide) groups is 1. The van der Waals surface area contributed by atoms with E-state index in [-0.39, 0.29) is 5.56 Å². The fourth-order valence-electron chi connectivity index (χ4n) is 1.47. The Kier molecular flexibility index (Phi) is 3.85. The van der Waals surface area contributed by atoms with Gasteiger partial charge in [0.1, 0.15) is 17.3 Å². The maximum absolute atomic E-state index is 13.2. The van der Waals surface area contributed by atoms with Crippen LogP contribution in [0.5, 0.6) is 11.5 Å². The molecule has 0 aromatic heterocycles. The highest BCUT2D eigenvalue weighted by Gasteiger charge is 2.03. The number of ether oxygens (including phenoxy) is 1. The summed E-state index contributed by atoms with van der Waals surface area (Å²) in [5.74, 6) is 0.454. The lowest BCUT2D eigenvalue weighted by molar-refractivity contribution is 0.476. The van der Waals surface area contributed by atoms with Gasteiger partial charge in [0, 0.05) is 11.0 Å². The van der Waals surface area contributed by atoms with Crippen LogP contribution in [0.15, 0.2) is 47.4 Å². The van der Waals surface area contributed by atoms with Crippen molar-refractivity contribution in [2.45, 2.75) is 4.90 Å². The molecule has 0 unspecified atom stereocenters. The van der Waals surface area contributed by atoms with Crippen molar-refractivity contribution in [3.63, 3.8) is 0 Å². The number of halogens is 1. The van der Waals surface area contributed by atoms with Gasteiger partial charge in [0.25, 0.3) is 0 Å². The maximum atomic E-state index is 13.2. The second kappa shape index (κ2) is 5.56. The zero-order valence-electron chi connectivity index (χ0n) is 9.68. The molecule has 0 bridgehead atoms. The molecule has 0 fully saturated rings. The van der Waals surface area contributed by atoms with Crippen LogP contribution in [0.2, 0.25) is 0 Å². The van der Waals surface area contributed by atoms with Crippen molar-refractivity contribution in [3.8, 4) is 17.6 Å². The number of hydrogen-bond acceptors (Lipinski definition) is 3. The first-order chi connectivity index (χ1) is 8.71. The highest BCUT2D eigenvalue weighted by atomic mass is 32.2. The van der Waals surface area contributed by atoms with Gasteiger partial charge in [-0.25, -0.2) is 4.39 Å². The van der Waals surface area contributed by atoms with E-state index in [0.717, 1.165) is 4.90 Å². The Morgan fingerprint density at radius 2 is 1.83 bits per heavy atom. The Morgan fingerprint density at radius 3 is 2.44 bits per heavy atom. The summed E-state index contributed by atoms with van der Waals surface area (Å²) in [4.78, 5) is 1.12. The van der Waals surface area contributed by atoms with Crippen molar-refractivity contribution in [2.24, 2.45) is 0 Å². The normalized spacial score (nSPS) is 9.83. The summed E-state index contributed by atoms with van der Waals surface area (Å²) in [7, 11) is 0. The van der Waals surface area contributed by atoms with E-state index in [1.807, 2.05) is 36.6 Å². The molecule has 90 valence electrons. The Bertz CT molecular complexity index is 590. The third kappa shape index (κ3) is 3.02. The maximum Gasteiger partial charge on any atom is 0.131 e. The van der Waals surface area contributed by atoms with Gasteiger partial charge in [-0.05, 0) is 42.7 Å². The van der Waals surface area contributed by atoms with E-state index in [9.17, 15) is 4.39 Å². The van der Waals surface area contributed by atoms with Crippen LogP contribution in [0, 0.1) is 17.1 Å². The predicted molar refractivity (Wildman–Crippen MR) is 69.4 cm³/mol. The monoisotopic (exact) mass is 259 g/mol. The molecule has 0 aliphatic rings. The van der Waals surface area contributed by atoms with Gasteiger partial charge < -0.3 is 4.74 Å². The first kappa shape index (κ1) is 12.5. The highest BCUT2D eigenvalue weighted by molar-refractivity contribution is 7.98. The number of nitriles is 1. The summed E-state index contributed by atoms with van der Waals surface area (Å²) >= 11 is 1.63. The van der Waals surface area contributed by atoms with E-state index in [2.05, 4.69) is 0 Å². The molecule has 0 N–H and O–H groups in total. The van der Waals surface area contributed by atoms with E-state index >= 15 is 0 Å². The lowest BCUT2D eigenvalue weighted by Gasteiger charge is -2.06.